The Morgan fingerprint density at radius 1 is 1.35 bits per heavy atom. The van der Waals surface area contributed by atoms with Gasteiger partial charge >= 0.3 is 6.03 Å². The molecule has 1 aliphatic heterocycles. The number of piperidine rings is 1. The molecule has 20 heavy (non-hydrogen) atoms. The van der Waals surface area contributed by atoms with Gasteiger partial charge in [-0.15, -0.1) is 12.4 Å². The summed E-state index contributed by atoms with van der Waals surface area (Å²) in [6, 6.07) is -0.234. The predicted molar refractivity (Wildman–Crippen MR) is 81.9 cm³/mol. The van der Waals surface area contributed by atoms with Gasteiger partial charge in [0.2, 0.25) is 5.91 Å². The quantitative estimate of drug-likeness (QED) is 0.701. The maximum Gasteiger partial charge on any atom is 0.321 e. The van der Waals surface area contributed by atoms with E-state index in [-0.39, 0.29) is 36.4 Å². The van der Waals surface area contributed by atoms with Crippen molar-refractivity contribution in [3.05, 3.63) is 0 Å². The van der Waals surface area contributed by atoms with Crippen LogP contribution in [0.15, 0.2) is 0 Å². The Kier molecular flexibility index (Phi) is 7.47. The number of amides is 3. The smallest absolute Gasteiger partial charge is 0.321 e. The fourth-order valence-corrected chi connectivity index (χ4v) is 2.13. The monoisotopic (exact) mass is 306 g/mol. The first kappa shape index (κ1) is 19.1. The van der Waals surface area contributed by atoms with Crippen molar-refractivity contribution >= 4 is 24.3 Å². The van der Waals surface area contributed by atoms with Crippen LogP contribution in [0.25, 0.3) is 0 Å². The van der Waals surface area contributed by atoms with Crippen LogP contribution in [0.1, 0.15) is 34.1 Å². The van der Waals surface area contributed by atoms with Gasteiger partial charge in [0, 0.05) is 24.7 Å². The van der Waals surface area contributed by atoms with Gasteiger partial charge < -0.3 is 11.1 Å². The number of halogens is 1. The molecule has 1 heterocycles. The summed E-state index contributed by atoms with van der Waals surface area (Å²) in [5, 5.41) is 5.04. The van der Waals surface area contributed by atoms with E-state index in [9.17, 15) is 9.59 Å². The maximum absolute atomic E-state index is 11.8. The van der Waals surface area contributed by atoms with Gasteiger partial charge in [0.1, 0.15) is 0 Å². The minimum Gasteiger partial charge on any atom is -0.333 e. The molecule has 6 nitrogen and oxygen atoms in total. The molecule has 0 aromatic heterocycles. The van der Waals surface area contributed by atoms with Gasteiger partial charge in [-0.2, -0.15) is 0 Å². The van der Waals surface area contributed by atoms with Gasteiger partial charge in [-0.25, -0.2) is 4.79 Å². The lowest BCUT2D eigenvalue weighted by Gasteiger charge is -2.34. The van der Waals surface area contributed by atoms with Gasteiger partial charge in [-0.05, 0) is 33.1 Å². The van der Waals surface area contributed by atoms with E-state index in [1.165, 1.54) is 0 Å². The number of nitrogens with two attached hydrogens (primary N) is 1. The molecule has 2 atom stereocenters. The van der Waals surface area contributed by atoms with Crippen LogP contribution in [-0.4, -0.2) is 48.1 Å². The summed E-state index contributed by atoms with van der Waals surface area (Å²) < 4.78 is 0. The molecule has 3 amide bonds. The Labute approximate surface area is 127 Å². The topological polar surface area (TPSA) is 87.5 Å². The Balaban J connectivity index is 0.00000361. The van der Waals surface area contributed by atoms with Crippen molar-refractivity contribution in [3.8, 4) is 0 Å². The molecule has 0 aromatic carbocycles. The Morgan fingerprint density at radius 3 is 2.45 bits per heavy atom. The van der Waals surface area contributed by atoms with Crippen molar-refractivity contribution in [1.82, 2.24) is 15.5 Å². The molecule has 0 spiro atoms. The fourth-order valence-electron chi connectivity index (χ4n) is 2.13. The van der Waals surface area contributed by atoms with Crippen molar-refractivity contribution < 1.29 is 9.59 Å². The normalized spacial score (nSPS) is 23.6. The number of urea groups is 1. The molecule has 2 unspecified atom stereocenters. The van der Waals surface area contributed by atoms with E-state index >= 15 is 0 Å². The van der Waals surface area contributed by atoms with Crippen molar-refractivity contribution in [2.45, 2.75) is 45.7 Å². The molecule has 4 N–H and O–H groups in total. The van der Waals surface area contributed by atoms with Crippen LogP contribution in [0, 0.1) is 5.92 Å². The molecule has 1 fully saturated rings. The minimum atomic E-state index is -0.445. The number of nitrogens with zero attached hydrogens (tertiary/aromatic N) is 1. The highest BCUT2D eigenvalue weighted by Gasteiger charge is 2.25. The molecule has 0 bridgehead atoms. The molecule has 0 saturated carbocycles. The van der Waals surface area contributed by atoms with Gasteiger partial charge in [0.05, 0.1) is 6.54 Å². The fraction of sp³-hybridized carbons (Fsp3) is 0.846. The van der Waals surface area contributed by atoms with Crippen LogP contribution in [0.3, 0.4) is 0 Å². The van der Waals surface area contributed by atoms with Crippen LogP contribution in [0.2, 0.25) is 0 Å². The van der Waals surface area contributed by atoms with E-state index in [1.54, 1.807) is 0 Å². The van der Waals surface area contributed by atoms with Crippen molar-refractivity contribution in [2.24, 2.45) is 11.7 Å². The molecule has 1 saturated heterocycles. The highest BCUT2D eigenvalue weighted by Crippen LogP contribution is 2.14. The van der Waals surface area contributed by atoms with Crippen molar-refractivity contribution in [3.63, 3.8) is 0 Å². The first-order valence-electron chi connectivity index (χ1n) is 6.77. The van der Waals surface area contributed by atoms with Gasteiger partial charge in [-0.1, -0.05) is 6.92 Å². The van der Waals surface area contributed by atoms with Gasteiger partial charge in [0.25, 0.3) is 0 Å². The third-order valence-corrected chi connectivity index (χ3v) is 3.16. The summed E-state index contributed by atoms with van der Waals surface area (Å²) in [7, 11) is 0. The average molecular weight is 307 g/mol. The molecular weight excluding hydrogens is 280 g/mol. The lowest BCUT2D eigenvalue weighted by molar-refractivity contribution is -0.121. The zero-order valence-corrected chi connectivity index (χ0v) is 13.5. The molecule has 7 heteroatoms. The SMILES string of the molecule is CC1CN(CC(=O)NC(=O)NC(C)(C)C)CCC1N.Cl. The third kappa shape index (κ3) is 7.07. The molecule has 0 aromatic rings. The molecule has 0 radical (unpaired) electrons. The first-order chi connectivity index (χ1) is 8.67. The summed E-state index contributed by atoms with van der Waals surface area (Å²) in [6.07, 6.45) is 0.892. The second kappa shape index (κ2) is 7.81. The molecule has 0 aliphatic carbocycles. The number of hydrogen-bond donors (Lipinski definition) is 3. The van der Waals surface area contributed by atoms with Crippen LogP contribution < -0.4 is 16.4 Å². The molecule has 1 aliphatic rings. The van der Waals surface area contributed by atoms with Gasteiger partial charge in [0.15, 0.2) is 0 Å². The number of nitrogens with one attached hydrogen (secondary N) is 2. The summed E-state index contributed by atoms with van der Waals surface area (Å²) >= 11 is 0. The first-order valence-corrected chi connectivity index (χ1v) is 6.77. The van der Waals surface area contributed by atoms with Gasteiger partial charge in [-0.3, -0.25) is 15.0 Å². The van der Waals surface area contributed by atoms with Crippen LogP contribution in [0.4, 0.5) is 4.79 Å². The summed E-state index contributed by atoms with van der Waals surface area (Å²) in [5.74, 6) is 0.106. The largest absolute Gasteiger partial charge is 0.333 e. The lowest BCUT2D eigenvalue weighted by Crippen LogP contribution is -2.52. The lowest BCUT2D eigenvalue weighted by atomic mass is 9.95. The predicted octanol–water partition coefficient (Wildman–Crippen LogP) is 0.702. The summed E-state index contributed by atoms with van der Waals surface area (Å²) in [5.41, 5.74) is 5.58. The zero-order valence-electron chi connectivity index (χ0n) is 12.7. The Hall–Kier alpha value is -0.850. The van der Waals surface area contributed by atoms with E-state index in [0.29, 0.717) is 5.92 Å². The van der Waals surface area contributed by atoms with Crippen LogP contribution >= 0.6 is 12.4 Å². The zero-order chi connectivity index (χ0) is 14.6. The minimum absolute atomic E-state index is 0. The number of imide groups is 1. The average Bonchev–Trinajstić information content (AvgIpc) is 2.20. The number of likely N-dealkylation sites (tertiary alicyclic amines) is 1. The Bertz CT molecular complexity index is 344. The molecule has 118 valence electrons. The van der Waals surface area contributed by atoms with E-state index < -0.39 is 6.03 Å². The van der Waals surface area contributed by atoms with E-state index in [4.69, 9.17) is 5.73 Å². The number of rotatable bonds is 2. The summed E-state index contributed by atoms with van der Waals surface area (Å²) in [4.78, 5) is 25.3. The molecular formula is C13H27ClN4O2. The van der Waals surface area contributed by atoms with Crippen LogP contribution in [0.5, 0.6) is 0 Å². The Morgan fingerprint density at radius 2 is 1.95 bits per heavy atom. The standard InChI is InChI=1S/C13H26N4O2.ClH/c1-9-7-17(6-5-10(9)14)8-11(18)15-12(19)16-13(2,3)4;/h9-10H,5-8,14H2,1-4H3,(H2,15,16,18,19);1H. The van der Waals surface area contributed by atoms with E-state index in [0.717, 1.165) is 19.5 Å². The number of carbonyl (C=O) groups excluding carboxylic acids is 2. The summed E-state index contributed by atoms with van der Waals surface area (Å²) in [6.45, 7) is 9.53. The maximum atomic E-state index is 11.8. The third-order valence-electron chi connectivity index (χ3n) is 3.16. The highest BCUT2D eigenvalue weighted by molar-refractivity contribution is 5.95. The van der Waals surface area contributed by atoms with E-state index in [2.05, 4.69) is 17.6 Å². The van der Waals surface area contributed by atoms with Crippen LogP contribution in [-0.2, 0) is 4.79 Å². The highest BCUT2D eigenvalue weighted by atomic mass is 35.5. The number of hydrogen-bond acceptors (Lipinski definition) is 4. The second-order valence-electron chi connectivity index (χ2n) is 6.42. The number of carbonyl (C=O) groups is 2. The van der Waals surface area contributed by atoms with Crippen molar-refractivity contribution in [1.29, 1.82) is 0 Å². The molecule has 1 rings (SSSR count). The second-order valence-corrected chi connectivity index (χ2v) is 6.42. The van der Waals surface area contributed by atoms with Crippen molar-refractivity contribution in [2.75, 3.05) is 19.6 Å². The van der Waals surface area contributed by atoms with E-state index in [1.807, 2.05) is 25.7 Å².